The summed E-state index contributed by atoms with van der Waals surface area (Å²) in [4.78, 5) is 21.4. The van der Waals surface area contributed by atoms with Gasteiger partial charge in [0.05, 0.1) is 29.7 Å². The number of amides is 1. The predicted octanol–water partition coefficient (Wildman–Crippen LogP) is 3.35. The number of aliphatic hydroxyl groups excluding tert-OH is 1. The molecule has 0 radical (unpaired) electrons. The van der Waals surface area contributed by atoms with Crippen LogP contribution in [0.1, 0.15) is 36.2 Å². The van der Waals surface area contributed by atoms with Crippen molar-refractivity contribution in [1.82, 2.24) is 19.6 Å². The number of hydrogen-bond donors (Lipinski definition) is 6. The zero-order valence-electron chi connectivity index (χ0n) is 20.7. The number of anilines is 5. The zero-order valence-corrected chi connectivity index (χ0v) is 20.7. The van der Waals surface area contributed by atoms with Crippen molar-refractivity contribution in [1.29, 1.82) is 0 Å². The number of pyridine rings is 2. The van der Waals surface area contributed by atoms with Crippen LogP contribution in [-0.4, -0.2) is 55.8 Å². The maximum absolute atomic E-state index is 14.1. The number of nitrogens with one attached hydrogen (secondary N) is 4. The van der Waals surface area contributed by atoms with Crippen LogP contribution in [0.25, 0.3) is 5.52 Å². The lowest BCUT2D eigenvalue weighted by Crippen LogP contribution is -2.33. The molecule has 1 fully saturated rings. The van der Waals surface area contributed by atoms with E-state index < -0.39 is 11.7 Å². The van der Waals surface area contributed by atoms with Crippen molar-refractivity contribution in [2.45, 2.75) is 37.8 Å². The highest BCUT2D eigenvalue weighted by atomic mass is 19.1. The second-order valence-corrected chi connectivity index (χ2v) is 9.21. The Morgan fingerprint density at radius 2 is 1.89 bits per heavy atom. The summed E-state index contributed by atoms with van der Waals surface area (Å²) < 4.78 is 15.6. The molecule has 7 N–H and O–H groups in total. The van der Waals surface area contributed by atoms with Gasteiger partial charge >= 0.3 is 0 Å². The standard InChI is InChI=1S/C26H30FN9O2/c27-18-15-29-11-10-19(18)33-26(38)22-9-8-21-20(32-24-3-1-2-23(34-24)30-12-13-37)14-25(35-36(21)22)31-17-6-4-16(28)5-7-17/h1-3,8-11,14-17,37H,4-7,12-13,28H2,(H,31,35)(H,29,33,38)(H2,30,32,34). The van der Waals surface area contributed by atoms with E-state index in [0.717, 1.165) is 31.9 Å². The van der Waals surface area contributed by atoms with Crippen LogP contribution in [0.15, 0.2) is 54.9 Å². The Kier molecular flexibility index (Phi) is 7.61. The van der Waals surface area contributed by atoms with E-state index in [9.17, 15) is 9.18 Å². The van der Waals surface area contributed by atoms with Gasteiger partial charge in [-0.05, 0) is 56.0 Å². The van der Waals surface area contributed by atoms with Gasteiger partial charge < -0.3 is 32.1 Å². The SMILES string of the molecule is NC1CCC(Nc2cc(Nc3cccc(NCCO)n3)c3ccc(C(=O)Nc4ccncc4F)n3n2)CC1. The van der Waals surface area contributed by atoms with Gasteiger partial charge in [0.15, 0.2) is 5.82 Å². The average molecular weight is 520 g/mol. The third kappa shape index (κ3) is 5.82. The van der Waals surface area contributed by atoms with E-state index >= 15 is 0 Å². The third-order valence-electron chi connectivity index (χ3n) is 6.43. The summed E-state index contributed by atoms with van der Waals surface area (Å²) in [5.41, 5.74) is 7.65. The number of carbonyl (C=O) groups excluding carboxylic acids is 1. The molecule has 198 valence electrons. The molecule has 12 heteroatoms. The van der Waals surface area contributed by atoms with Gasteiger partial charge in [-0.15, -0.1) is 5.10 Å². The fourth-order valence-electron chi connectivity index (χ4n) is 4.49. The number of fused-ring (bicyclic) bond motifs is 1. The first-order chi connectivity index (χ1) is 18.5. The maximum atomic E-state index is 14.1. The first-order valence-electron chi connectivity index (χ1n) is 12.5. The van der Waals surface area contributed by atoms with Gasteiger partial charge in [-0.2, -0.15) is 0 Å². The molecule has 1 amide bonds. The summed E-state index contributed by atoms with van der Waals surface area (Å²) in [5.74, 6) is 0.622. The lowest BCUT2D eigenvalue weighted by molar-refractivity contribution is 0.102. The summed E-state index contributed by atoms with van der Waals surface area (Å²) in [6.07, 6.45) is 6.15. The Morgan fingerprint density at radius 3 is 2.68 bits per heavy atom. The number of rotatable bonds is 9. The van der Waals surface area contributed by atoms with Gasteiger partial charge in [0.2, 0.25) is 0 Å². The number of nitrogens with two attached hydrogens (primary N) is 1. The van der Waals surface area contributed by atoms with Gasteiger partial charge in [-0.1, -0.05) is 6.07 Å². The molecule has 0 saturated heterocycles. The highest BCUT2D eigenvalue weighted by molar-refractivity contribution is 6.04. The van der Waals surface area contributed by atoms with E-state index in [2.05, 4.69) is 31.2 Å². The molecule has 1 saturated carbocycles. The highest BCUT2D eigenvalue weighted by Crippen LogP contribution is 2.28. The molecule has 4 heterocycles. The molecule has 11 nitrogen and oxygen atoms in total. The van der Waals surface area contributed by atoms with Gasteiger partial charge in [-0.25, -0.2) is 13.9 Å². The molecule has 0 aromatic carbocycles. The van der Waals surface area contributed by atoms with Crippen molar-refractivity contribution in [3.63, 3.8) is 0 Å². The smallest absolute Gasteiger partial charge is 0.274 e. The predicted molar refractivity (Wildman–Crippen MR) is 144 cm³/mol. The molecule has 0 spiro atoms. The summed E-state index contributed by atoms with van der Waals surface area (Å²) in [6.45, 7) is 0.369. The van der Waals surface area contributed by atoms with Crippen LogP contribution < -0.4 is 27.0 Å². The van der Waals surface area contributed by atoms with Crippen molar-refractivity contribution >= 4 is 40.3 Å². The molecule has 5 rings (SSSR count). The number of aliphatic hydroxyl groups is 1. The molecule has 0 bridgehead atoms. The first kappa shape index (κ1) is 25.4. The fourth-order valence-corrected chi connectivity index (χ4v) is 4.49. The lowest BCUT2D eigenvalue weighted by atomic mass is 9.92. The van der Waals surface area contributed by atoms with E-state index in [0.29, 0.717) is 35.2 Å². The minimum absolute atomic E-state index is 0.0101. The maximum Gasteiger partial charge on any atom is 0.274 e. The van der Waals surface area contributed by atoms with Crippen molar-refractivity contribution in [3.8, 4) is 0 Å². The molecular weight excluding hydrogens is 489 g/mol. The Hall–Kier alpha value is -4.29. The summed E-state index contributed by atoms with van der Waals surface area (Å²) in [5, 5.41) is 26.3. The Balaban J connectivity index is 1.48. The van der Waals surface area contributed by atoms with E-state index in [1.165, 1.54) is 16.8 Å². The molecule has 1 aliphatic carbocycles. The normalized spacial score (nSPS) is 17.2. The number of halogens is 1. The molecular formula is C26H30FN9O2. The van der Waals surface area contributed by atoms with Crippen molar-refractivity contribution < 1.29 is 14.3 Å². The number of aromatic nitrogens is 4. The quantitative estimate of drug-likeness (QED) is 0.195. The minimum Gasteiger partial charge on any atom is -0.395 e. The van der Waals surface area contributed by atoms with Crippen LogP contribution >= 0.6 is 0 Å². The first-order valence-corrected chi connectivity index (χ1v) is 12.5. The Bertz CT molecular complexity index is 1420. The van der Waals surface area contributed by atoms with E-state index in [1.54, 1.807) is 12.1 Å². The largest absolute Gasteiger partial charge is 0.395 e. The molecule has 38 heavy (non-hydrogen) atoms. The van der Waals surface area contributed by atoms with Crippen molar-refractivity contribution in [3.05, 3.63) is 66.4 Å². The molecule has 4 aromatic heterocycles. The van der Waals surface area contributed by atoms with Gasteiger partial charge in [0.1, 0.15) is 23.1 Å². The van der Waals surface area contributed by atoms with Gasteiger partial charge in [0, 0.05) is 30.9 Å². The van der Waals surface area contributed by atoms with Crippen LogP contribution in [0.3, 0.4) is 0 Å². The Morgan fingerprint density at radius 1 is 1.08 bits per heavy atom. The topological polar surface area (TPSA) is 155 Å². The van der Waals surface area contributed by atoms with Crippen LogP contribution in [-0.2, 0) is 0 Å². The summed E-state index contributed by atoms with van der Waals surface area (Å²) >= 11 is 0. The molecule has 0 aliphatic heterocycles. The Labute approximate surface area is 218 Å². The monoisotopic (exact) mass is 519 g/mol. The van der Waals surface area contributed by atoms with E-state index in [4.69, 9.17) is 15.9 Å². The summed E-state index contributed by atoms with van der Waals surface area (Å²) in [7, 11) is 0. The number of hydrogen-bond acceptors (Lipinski definition) is 9. The van der Waals surface area contributed by atoms with Crippen LogP contribution in [0.4, 0.5) is 33.2 Å². The minimum atomic E-state index is -0.629. The van der Waals surface area contributed by atoms with Crippen molar-refractivity contribution in [2.24, 2.45) is 5.73 Å². The van der Waals surface area contributed by atoms with Crippen LogP contribution in [0.5, 0.6) is 0 Å². The van der Waals surface area contributed by atoms with Crippen molar-refractivity contribution in [2.75, 3.05) is 34.4 Å². The summed E-state index contributed by atoms with van der Waals surface area (Å²) in [6, 6.07) is 12.6. The lowest BCUT2D eigenvalue weighted by Gasteiger charge is -2.27. The van der Waals surface area contributed by atoms with Crippen LogP contribution in [0, 0.1) is 5.82 Å². The fraction of sp³-hybridized carbons (Fsp3) is 0.308. The molecule has 1 aliphatic rings. The van der Waals surface area contributed by atoms with Gasteiger partial charge in [-0.3, -0.25) is 9.78 Å². The molecule has 0 unspecified atom stereocenters. The highest BCUT2D eigenvalue weighted by Gasteiger charge is 2.21. The third-order valence-corrected chi connectivity index (χ3v) is 6.43. The zero-order chi connectivity index (χ0) is 26.5. The van der Waals surface area contributed by atoms with E-state index in [1.807, 2.05) is 24.3 Å². The van der Waals surface area contributed by atoms with Crippen LogP contribution in [0.2, 0.25) is 0 Å². The molecule has 4 aromatic rings. The second kappa shape index (κ2) is 11.4. The van der Waals surface area contributed by atoms with E-state index in [-0.39, 0.29) is 30.1 Å². The van der Waals surface area contributed by atoms with Gasteiger partial charge in [0.25, 0.3) is 5.91 Å². The number of carbonyl (C=O) groups is 1. The second-order valence-electron chi connectivity index (χ2n) is 9.21. The number of nitrogens with zero attached hydrogens (tertiary/aromatic N) is 4. The molecule has 0 atom stereocenters. The average Bonchev–Trinajstić information content (AvgIpc) is 3.35.